The number of amides is 2. The Hall–Kier alpha value is -2.82. The zero-order valence-electron chi connectivity index (χ0n) is 20.3. The van der Waals surface area contributed by atoms with Crippen LogP contribution in [-0.2, 0) is 29.0 Å². The van der Waals surface area contributed by atoms with Crippen molar-refractivity contribution < 1.29 is 9.59 Å². The lowest BCUT2D eigenvalue weighted by Gasteiger charge is -2.33. The molecule has 6 heteroatoms. The number of nitrogens with one attached hydrogen (secondary N) is 1. The van der Waals surface area contributed by atoms with E-state index in [1.54, 1.807) is 17.0 Å². The van der Waals surface area contributed by atoms with Gasteiger partial charge in [0.2, 0.25) is 11.8 Å². The van der Waals surface area contributed by atoms with Gasteiger partial charge in [0.05, 0.1) is 16.5 Å². The van der Waals surface area contributed by atoms with Crippen LogP contribution in [0.1, 0.15) is 48.8 Å². The quantitative estimate of drug-likeness (QED) is 0.343. The van der Waals surface area contributed by atoms with Crippen molar-refractivity contribution >= 4 is 35.0 Å². The predicted molar refractivity (Wildman–Crippen MR) is 146 cm³/mol. The fraction of sp³-hybridized carbons (Fsp3) is 0.333. The zero-order valence-corrected chi connectivity index (χ0v) is 21.8. The molecule has 0 aromatic heterocycles. The molecule has 0 unspecified atom stereocenters. The fourth-order valence-corrected chi connectivity index (χ4v) is 5.13. The maximum Gasteiger partial charge on any atom is 0.243 e. The van der Waals surface area contributed by atoms with E-state index in [1.165, 1.54) is 6.42 Å². The number of hydrogen-bond acceptors (Lipinski definition) is 2. The third-order valence-corrected chi connectivity index (χ3v) is 7.50. The first kappa shape index (κ1) is 26.2. The number of nitrogens with zero attached hydrogens (tertiary/aromatic N) is 1. The molecule has 1 fully saturated rings. The zero-order chi connectivity index (χ0) is 25.3. The highest BCUT2D eigenvalue weighted by Gasteiger charge is 2.32. The molecular weight excluding hydrogens is 491 g/mol. The standard InChI is InChI=1S/C30H32Cl2N2O2/c31-26-17-16-24(18-27(26)32)21-34(29(35)20-23-12-6-2-7-13-23)28(19-22-10-4-1-5-11-22)30(36)33-25-14-8-3-9-15-25/h1-2,4-7,10-13,16-18,25,28H,3,8-9,14-15,19-21H2,(H,33,36)/t28-/m0/s1. The van der Waals surface area contributed by atoms with Gasteiger partial charge in [-0.15, -0.1) is 0 Å². The molecule has 0 radical (unpaired) electrons. The molecule has 0 saturated heterocycles. The van der Waals surface area contributed by atoms with Crippen molar-refractivity contribution in [3.63, 3.8) is 0 Å². The van der Waals surface area contributed by atoms with Gasteiger partial charge in [0.15, 0.2) is 0 Å². The maximum absolute atomic E-state index is 13.8. The van der Waals surface area contributed by atoms with E-state index in [4.69, 9.17) is 23.2 Å². The van der Waals surface area contributed by atoms with Gasteiger partial charge in [-0.25, -0.2) is 0 Å². The summed E-state index contributed by atoms with van der Waals surface area (Å²) in [7, 11) is 0. The summed E-state index contributed by atoms with van der Waals surface area (Å²) in [5.41, 5.74) is 2.75. The van der Waals surface area contributed by atoms with Crippen molar-refractivity contribution in [3.8, 4) is 0 Å². The van der Waals surface area contributed by atoms with Crippen LogP contribution in [0.15, 0.2) is 78.9 Å². The minimum Gasteiger partial charge on any atom is -0.352 e. The van der Waals surface area contributed by atoms with Crippen LogP contribution in [0, 0.1) is 0 Å². The largest absolute Gasteiger partial charge is 0.352 e. The van der Waals surface area contributed by atoms with Crippen LogP contribution < -0.4 is 5.32 Å². The Balaban J connectivity index is 1.66. The van der Waals surface area contributed by atoms with Crippen molar-refractivity contribution in [2.24, 2.45) is 0 Å². The number of rotatable bonds is 9. The van der Waals surface area contributed by atoms with Crippen molar-refractivity contribution in [1.29, 1.82) is 0 Å². The molecule has 1 N–H and O–H groups in total. The average Bonchev–Trinajstić information content (AvgIpc) is 2.90. The number of carbonyl (C=O) groups is 2. The van der Waals surface area contributed by atoms with E-state index in [1.807, 2.05) is 66.7 Å². The van der Waals surface area contributed by atoms with Gasteiger partial charge in [0, 0.05) is 19.0 Å². The molecule has 36 heavy (non-hydrogen) atoms. The number of halogens is 2. The van der Waals surface area contributed by atoms with E-state index in [0.717, 1.165) is 42.4 Å². The van der Waals surface area contributed by atoms with E-state index in [2.05, 4.69) is 5.32 Å². The van der Waals surface area contributed by atoms with E-state index >= 15 is 0 Å². The Morgan fingerprint density at radius 3 is 2.08 bits per heavy atom. The van der Waals surface area contributed by atoms with Gasteiger partial charge in [-0.3, -0.25) is 9.59 Å². The minimum atomic E-state index is -0.653. The molecule has 1 aliphatic carbocycles. The summed E-state index contributed by atoms with van der Waals surface area (Å²) < 4.78 is 0. The summed E-state index contributed by atoms with van der Waals surface area (Å²) in [5.74, 6) is -0.209. The van der Waals surface area contributed by atoms with Crippen molar-refractivity contribution in [2.75, 3.05) is 0 Å². The van der Waals surface area contributed by atoms with Gasteiger partial charge in [0.25, 0.3) is 0 Å². The summed E-state index contributed by atoms with van der Waals surface area (Å²) in [6.45, 7) is 0.262. The van der Waals surface area contributed by atoms with Crippen LogP contribution in [-0.4, -0.2) is 28.8 Å². The molecular formula is C30H32Cl2N2O2. The first-order valence-corrected chi connectivity index (χ1v) is 13.4. The molecule has 4 rings (SSSR count). The third-order valence-electron chi connectivity index (χ3n) is 6.76. The first-order valence-electron chi connectivity index (χ1n) is 12.6. The highest BCUT2D eigenvalue weighted by atomic mass is 35.5. The Morgan fingerprint density at radius 1 is 0.806 bits per heavy atom. The van der Waals surface area contributed by atoms with Crippen LogP contribution >= 0.6 is 23.2 Å². The lowest BCUT2D eigenvalue weighted by atomic mass is 9.94. The second kappa shape index (κ2) is 12.9. The Labute approximate surface area is 223 Å². The predicted octanol–water partition coefficient (Wildman–Crippen LogP) is 6.62. The lowest BCUT2D eigenvalue weighted by Crippen LogP contribution is -2.53. The summed E-state index contributed by atoms with van der Waals surface area (Å²) in [6.07, 6.45) is 6.05. The van der Waals surface area contributed by atoms with Crippen molar-refractivity contribution in [3.05, 3.63) is 106 Å². The molecule has 0 aliphatic heterocycles. The van der Waals surface area contributed by atoms with E-state index in [9.17, 15) is 9.59 Å². The highest BCUT2D eigenvalue weighted by molar-refractivity contribution is 6.42. The van der Waals surface area contributed by atoms with Crippen LogP contribution in [0.25, 0.3) is 0 Å². The molecule has 1 atom stereocenters. The van der Waals surface area contributed by atoms with E-state index in [0.29, 0.717) is 16.5 Å². The first-order chi connectivity index (χ1) is 17.5. The van der Waals surface area contributed by atoms with E-state index in [-0.39, 0.29) is 30.8 Å². The van der Waals surface area contributed by atoms with Gasteiger partial charge in [-0.1, -0.05) is 109 Å². The van der Waals surface area contributed by atoms with Gasteiger partial charge < -0.3 is 10.2 Å². The Bertz CT molecular complexity index is 1150. The van der Waals surface area contributed by atoms with Gasteiger partial charge >= 0.3 is 0 Å². The van der Waals surface area contributed by atoms with Gasteiger partial charge in [-0.2, -0.15) is 0 Å². The molecule has 188 valence electrons. The van der Waals surface area contributed by atoms with E-state index < -0.39 is 6.04 Å². The minimum absolute atomic E-state index is 0.104. The van der Waals surface area contributed by atoms with Gasteiger partial charge in [0.1, 0.15) is 6.04 Å². The maximum atomic E-state index is 13.8. The van der Waals surface area contributed by atoms with Crippen molar-refractivity contribution in [2.45, 2.75) is 63.6 Å². The SMILES string of the molecule is O=C(NC1CCCCC1)[C@H](Cc1ccccc1)N(Cc1ccc(Cl)c(Cl)c1)C(=O)Cc1ccccc1. The van der Waals surface area contributed by atoms with Crippen LogP contribution in [0.3, 0.4) is 0 Å². The van der Waals surface area contributed by atoms with Crippen LogP contribution in [0.2, 0.25) is 10.0 Å². The molecule has 0 spiro atoms. The average molecular weight is 524 g/mol. The molecule has 2 amide bonds. The molecule has 0 bridgehead atoms. The molecule has 4 nitrogen and oxygen atoms in total. The molecule has 3 aromatic rings. The second-order valence-corrected chi connectivity index (χ2v) is 10.3. The lowest BCUT2D eigenvalue weighted by molar-refractivity contribution is -0.141. The molecule has 3 aromatic carbocycles. The second-order valence-electron chi connectivity index (χ2n) is 9.48. The Morgan fingerprint density at radius 2 is 1.44 bits per heavy atom. The van der Waals surface area contributed by atoms with Crippen molar-refractivity contribution in [1.82, 2.24) is 10.2 Å². The monoisotopic (exact) mass is 522 g/mol. The molecule has 1 saturated carbocycles. The topological polar surface area (TPSA) is 49.4 Å². The number of hydrogen-bond donors (Lipinski definition) is 1. The fourth-order valence-electron chi connectivity index (χ4n) is 4.80. The highest BCUT2D eigenvalue weighted by Crippen LogP contribution is 2.25. The summed E-state index contributed by atoms with van der Waals surface area (Å²) in [5, 5.41) is 4.15. The summed E-state index contributed by atoms with van der Waals surface area (Å²) in [6, 6.07) is 24.4. The smallest absolute Gasteiger partial charge is 0.243 e. The summed E-state index contributed by atoms with van der Waals surface area (Å²) in [4.78, 5) is 29.3. The number of carbonyl (C=O) groups excluding carboxylic acids is 2. The molecule has 0 heterocycles. The van der Waals surface area contributed by atoms with Crippen LogP contribution in [0.4, 0.5) is 0 Å². The molecule has 1 aliphatic rings. The third kappa shape index (κ3) is 7.35. The summed E-state index contributed by atoms with van der Waals surface area (Å²) >= 11 is 12.4. The normalized spacial score (nSPS) is 14.7. The van der Waals surface area contributed by atoms with Gasteiger partial charge in [-0.05, 0) is 41.7 Å². The van der Waals surface area contributed by atoms with Crippen LogP contribution in [0.5, 0.6) is 0 Å². The Kier molecular flexibility index (Phi) is 9.43. The number of benzene rings is 3.